The number of para-hydroxylation sites is 1. The number of methoxy groups -OCH3 is 1. The van der Waals surface area contributed by atoms with Gasteiger partial charge in [-0.2, -0.15) is 0 Å². The molecule has 2 N–H and O–H groups in total. The summed E-state index contributed by atoms with van der Waals surface area (Å²) in [7, 11) is 1.79. The Bertz CT molecular complexity index is 643. The van der Waals surface area contributed by atoms with Gasteiger partial charge in [-0.25, -0.2) is 4.98 Å². The Labute approximate surface area is 125 Å². The van der Waals surface area contributed by atoms with Gasteiger partial charge in [0.05, 0.1) is 11.1 Å². The van der Waals surface area contributed by atoms with E-state index in [2.05, 4.69) is 30.0 Å². The van der Waals surface area contributed by atoms with E-state index in [0.29, 0.717) is 6.54 Å². The zero-order chi connectivity index (χ0) is 14.9. The lowest BCUT2D eigenvalue weighted by atomic mass is 9.94. The second kappa shape index (κ2) is 5.62. The summed E-state index contributed by atoms with van der Waals surface area (Å²) in [4.78, 5) is 7.18. The highest BCUT2D eigenvalue weighted by Gasteiger charge is 2.32. The molecule has 2 aromatic rings. The number of benzene rings is 1. The molecule has 1 aliphatic rings. The van der Waals surface area contributed by atoms with Crippen LogP contribution in [-0.4, -0.2) is 30.8 Å². The van der Waals surface area contributed by atoms with Gasteiger partial charge in [0.25, 0.3) is 0 Å². The van der Waals surface area contributed by atoms with Gasteiger partial charge < -0.3 is 15.4 Å². The Morgan fingerprint density at radius 2 is 2.19 bits per heavy atom. The molecule has 0 bridgehead atoms. The summed E-state index contributed by atoms with van der Waals surface area (Å²) >= 11 is 0. The maximum absolute atomic E-state index is 5.95. The number of hydrogen-bond acceptors (Lipinski definition) is 4. The largest absolute Gasteiger partial charge is 0.377 e. The van der Waals surface area contributed by atoms with Crippen molar-refractivity contribution in [2.45, 2.75) is 31.9 Å². The van der Waals surface area contributed by atoms with E-state index in [4.69, 9.17) is 15.5 Å². The molecule has 2 heterocycles. The van der Waals surface area contributed by atoms with Gasteiger partial charge in [0.15, 0.2) is 0 Å². The van der Waals surface area contributed by atoms with Gasteiger partial charge in [-0.05, 0) is 31.9 Å². The van der Waals surface area contributed by atoms with Gasteiger partial charge in [-0.1, -0.05) is 18.2 Å². The van der Waals surface area contributed by atoms with Gasteiger partial charge in [0.1, 0.15) is 5.82 Å². The van der Waals surface area contributed by atoms with Crippen LogP contribution in [0.1, 0.15) is 25.3 Å². The molecular formula is C17H23N3O. The van der Waals surface area contributed by atoms with Crippen LogP contribution in [0.3, 0.4) is 0 Å². The third kappa shape index (κ3) is 2.74. The van der Waals surface area contributed by atoms with Crippen LogP contribution in [0.2, 0.25) is 0 Å². The first-order valence-electron chi connectivity index (χ1n) is 7.54. The topological polar surface area (TPSA) is 51.4 Å². The molecule has 0 saturated carbocycles. The third-order valence-electron chi connectivity index (χ3n) is 4.45. The van der Waals surface area contributed by atoms with E-state index in [1.807, 2.05) is 12.1 Å². The van der Waals surface area contributed by atoms with Crippen molar-refractivity contribution in [2.24, 2.45) is 5.73 Å². The molecule has 112 valence electrons. The highest BCUT2D eigenvalue weighted by atomic mass is 16.5. The molecule has 4 heteroatoms. The Hall–Kier alpha value is -1.65. The lowest BCUT2D eigenvalue weighted by Gasteiger charge is -2.40. The van der Waals surface area contributed by atoms with E-state index < -0.39 is 0 Å². The Kier molecular flexibility index (Phi) is 3.83. The number of hydrogen-bond donors (Lipinski definition) is 1. The Morgan fingerprint density at radius 1 is 1.38 bits per heavy atom. The van der Waals surface area contributed by atoms with Crippen molar-refractivity contribution in [3.8, 4) is 0 Å². The van der Waals surface area contributed by atoms with Crippen LogP contribution in [0.25, 0.3) is 10.9 Å². The lowest BCUT2D eigenvalue weighted by Crippen LogP contribution is -2.48. The maximum atomic E-state index is 5.95. The van der Waals surface area contributed by atoms with Crippen LogP contribution in [-0.2, 0) is 11.3 Å². The molecule has 0 aliphatic carbocycles. The van der Waals surface area contributed by atoms with Crippen LogP contribution in [0.4, 0.5) is 5.82 Å². The van der Waals surface area contributed by atoms with Gasteiger partial charge in [-0.15, -0.1) is 0 Å². The van der Waals surface area contributed by atoms with Crippen molar-refractivity contribution in [3.63, 3.8) is 0 Å². The number of piperidine rings is 1. The minimum absolute atomic E-state index is 0.0998. The summed E-state index contributed by atoms with van der Waals surface area (Å²) in [5.74, 6) is 1.01. The van der Waals surface area contributed by atoms with Crippen molar-refractivity contribution in [1.29, 1.82) is 0 Å². The number of ether oxygens (including phenoxy) is 1. The molecule has 21 heavy (non-hydrogen) atoms. The smallest absolute Gasteiger partial charge is 0.133 e. The fraction of sp³-hybridized carbons (Fsp3) is 0.471. The standard InChI is InChI=1S/C17H23N3O/c1-17(21-2)8-5-9-20(12-17)16-14(11-18)10-13-6-3-4-7-15(13)19-16/h3-4,6-7,10H,5,8-9,11-12,18H2,1-2H3. The highest BCUT2D eigenvalue weighted by Crippen LogP contribution is 2.30. The van der Waals surface area contributed by atoms with Gasteiger partial charge >= 0.3 is 0 Å². The molecule has 1 aromatic heterocycles. The number of nitrogens with two attached hydrogens (primary N) is 1. The summed E-state index contributed by atoms with van der Waals surface area (Å²) in [6, 6.07) is 10.4. The highest BCUT2D eigenvalue weighted by molar-refractivity contribution is 5.81. The number of aromatic nitrogens is 1. The number of anilines is 1. The third-order valence-corrected chi connectivity index (χ3v) is 4.45. The summed E-state index contributed by atoms with van der Waals surface area (Å²) < 4.78 is 5.69. The first kappa shape index (κ1) is 14.3. The fourth-order valence-electron chi connectivity index (χ4n) is 3.13. The summed E-state index contributed by atoms with van der Waals surface area (Å²) in [6.45, 7) is 4.55. The molecule has 4 nitrogen and oxygen atoms in total. The molecule has 1 unspecified atom stereocenters. The van der Waals surface area contributed by atoms with E-state index in [1.54, 1.807) is 7.11 Å². The second-order valence-electron chi connectivity index (χ2n) is 6.05. The van der Waals surface area contributed by atoms with Crippen molar-refractivity contribution in [2.75, 3.05) is 25.1 Å². The molecule has 1 saturated heterocycles. The SMILES string of the molecule is COC1(C)CCCN(c2nc3ccccc3cc2CN)C1. The van der Waals surface area contributed by atoms with Gasteiger partial charge in [0, 0.05) is 37.7 Å². The summed E-state index contributed by atoms with van der Waals surface area (Å²) in [6.07, 6.45) is 2.20. The molecule has 0 radical (unpaired) electrons. The first-order valence-corrected chi connectivity index (χ1v) is 7.54. The van der Waals surface area contributed by atoms with Gasteiger partial charge in [-0.3, -0.25) is 0 Å². The van der Waals surface area contributed by atoms with Crippen molar-refractivity contribution >= 4 is 16.7 Å². The molecule has 1 aromatic carbocycles. The van der Waals surface area contributed by atoms with Crippen LogP contribution in [0.5, 0.6) is 0 Å². The number of rotatable bonds is 3. The van der Waals surface area contributed by atoms with Crippen molar-refractivity contribution in [3.05, 3.63) is 35.9 Å². The molecule has 1 fully saturated rings. The second-order valence-corrected chi connectivity index (χ2v) is 6.05. The summed E-state index contributed by atoms with van der Waals surface area (Å²) in [5, 5.41) is 1.15. The van der Waals surface area contributed by atoms with Crippen molar-refractivity contribution < 1.29 is 4.74 Å². The minimum Gasteiger partial charge on any atom is -0.377 e. The molecule has 3 rings (SSSR count). The van der Waals surface area contributed by atoms with Crippen LogP contribution in [0.15, 0.2) is 30.3 Å². The van der Waals surface area contributed by atoms with Crippen LogP contribution in [0, 0.1) is 0 Å². The number of nitrogens with zero attached hydrogens (tertiary/aromatic N) is 2. The fourth-order valence-corrected chi connectivity index (χ4v) is 3.13. The molecular weight excluding hydrogens is 262 g/mol. The average molecular weight is 285 g/mol. The van der Waals surface area contributed by atoms with E-state index in [1.165, 1.54) is 0 Å². The minimum atomic E-state index is -0.0998. The number of fused-ring (bicyclic) bond motifs is 1. The lowest BCUT2D eigenvalue weighted by molar-refractivity contribution is -0.00483. The summed E-state index contributed by atoms with van der Waals surface area (Å²) in [5.41, 5.74) is 7.98. The molecule has 1 atom stereocenters. The zero-order valence-corrected chi connectivity index (χ0v) is 12.8. The van der Waals surface area contributed by atoms with E-state index in [0.717, 1.165) is 48.2 Å². The van der Waals surface area contributed by atoms with Crippen LogP contribution >= 0.6 is 0 Å². The monoisotopic (exact) mass is 285 g/mol. The number of pyridine rings is 1. The van der Waals surface area contributed by atoms with E-state index in [-0.39, 0.29) is 5.60 Å². The van der Waals surface area contributed by atoms with Crippen LogP contribution < -0.4 is 10.6 Å². The van der Waals surface area contributed by atoms with Crippen molar-refractivity contribution in [1.82, 2.24) is 4.98 Å². The molecule has 0 amide bonds. The average Bonchev–Trinajstić information content (AvgIpc) is 2.53. The molecule has 0 spiro atoms. The van der Waals surface area contributed by atoms with E-state index >= 15 is 0 Å². The molecule has 1 aliphatic heterocycles. The Morgan fingerprint density at radius 3 is 2.95 bits per heavy atom. The predicted molar refractivity (Wildman–Crippen MR) is 86.5 cm³/mol. The predicted octanol–water partition coefficient (Wildman–Crippen LogP) is 2.70. The quantitative estimate of drug-likeness (QED) is 0.942. The normalized spacial score (nSPS) is 22.7. The first-order chi connectivity index (χ1) is 10.1. The Balaban J connectivity index is 2.02. The van der Waals surface area contributed by atoms with E-state index in [9.17, 15) is 0 Å². The van der Waals surface area contributed by atoms with Gasteiger partial charge in [0.2, 0.25) is 0 Å². The maximum Gasteiger partial charge on any atom is 0.133 e. The zero-order valence-electron chi connectivity index (χ0n) is 12.8.